The highest BCUT2D eigenvalue weighted by molar-refractivity contribution is 5.97. The predicted octanol–water partition coefficient (Wildman–Crippen LogP) is 5.24. The first-order chi connectivity index (χ1) is 18.7. The SMILES string of the molecule is C/C(=N\OCC(=O)O)c1nc2ccccc2n([C@H]2C[C@H]3CCC[C@@H](C2)N3CC[C@@H]2CC[C@H]3C[C@@H]2C3(C)C)c1=O. The fourth-order valence-corrected chi connectivity index (χ4v) is 8.63. The zero-order valence-electron chi connectivity index (χ0n) is 23.5. The molecule has 4 bridgehead atoms. The van der Waals surface area contributed by atoms with Crippen molar-refractivity contribution in [3.8, 4) is 0 Å². The Balaban J connectivity index is 1.24. The highest BCUT2D eigenvalue weighted by Crippen LogP contribution is 2.62. The molecule has 3 heterocycles. The van der Waals surface area contributed by atoms with E-state index in [1.165, 1.54) is 51.5 Å². The first-order valence-corrected chi connectivity index (χ1v) is 14.9. The van der Waals surface area contributed by atoms with Gasteiger partial charge in [0.1, 0.15) is 5.71 Å². The molecule has 6 atom stereocenters. The number of rotatable bonds is 8. The highest BCUT2D eigenvalue weighted by Gasteiger charge is 2.54. The highest BCUT2D eigenvalue weighted by atomic mass is 16.6. The summed E-state index contributed by atoms with van der Waals surface area (Å²) in [6.45, 7) is 7.27. The second-order valence-electron chi connectivity index (χ2n) is 13.1. The number of hydrogen-bond donors (Lipinski definition) is 1. The molecular weight excluding hydrogens is 492 g/mol. The Morgan fingerprint density at radius 1 is 1.10 bits per heavy atom. The van der Waals surface area contributed by atoms with E-state index in [0.29, 0.717) is 23.2 Å². The molecule has 2 saturated heterocycles. The van der Waals surface area contributed by atoms with Gasteiger partial charge in [0.25, 0.3) is 5.56 Å². The van der Waals surface area contributed by atoms with Crippen molar-refractivity contribution in [3.05, 3.63) is 40.3 Å². The number of carboxylic acids is 1. The molecule has 3 saturated carbocycles. The molecule has 5 aliphatic rings. The van der Waals surface area contributed by atoms with Gasteiger partial charge in [0, 0.05) is 18.1 Å². The third-order valence-corrected chi connectivity index (χ3v) is 10.8. The number of benzene rings is 1. The van der Waals surface area contributed by atoms with Gasteiger partial charge in [-0.2, -0.15) is 0 Å². The van der Waals surface area contributed by atoms with Crippen LogP contribution in [-0.4, -0.2) is 56.5 Å². The lowest BCUT2D eigenvalue weighted by Gasteiger charge is -2.60. The van der Waals surface area contributed by atoms with Crippen LogP contribution in [0.1, 0.15) is 90.3 Å². The summed E-state index contributed by atoms with van der Waals surface area (Å²) in [5, 5.41) is 12.8. The van der Waals surface area contributed by atoms with Crippen LogP contribution < -0.4 is 5.56 Å². The van der Waals surface area contributed by atoms with E-state index in [1.54, 1.807) is 6.92 Å². The molecule has 5 fully saturated rings. The lowest BCUT2D eigenvalue weighted by molar-refractivity contribution is -0.142. The van der Waals surface area contributed by atoms with Crippen molar-refractivity contribution in [2.24, 2.45) is 28.3 Å². The Morgan fingerprint density at radius 2 is 1.85 bits per heavy atom. The van der Waals surface area contributed by atoms with Crippen molar-refractivity contribution in [3.63, 3.8) is 0 Å². The number of carbonyl (C=O) groups is 1. The van der Waals surface area contributed by atoms with Gasteiger partial charge < -0.3 is 14.5 Å². The van der Waals surface area contributed by atoms with Crippen LogP contribution in [0.2, 0.25) is 0 Å². The smallest absolute Gasteiger partial charge is 0.344 e. The molecule has 2 aromatic rings. The number of para-hydroxylation sites is 2. The van der Waals surface area contributed by atoms with E-state index < -0.39 is 12.6 Å². The molecule has 0 radical (unpaired) electrons. The van der Waals surface area contributed by atoms with Crippen molar-refractivity contribution in [2.45, 2.75) is 96.7 Å². The molecular formula is C31H42N4O4. The summed E-state index contributed by atoms with van der Waals surface area (Å²) in [7, 11) is 0. The van der Waals surface area contributed by atoms with Gasteiger partial charge in [-0.1, -0.05) is 37.6 Å². The molecule has 3 aliphatic carbocycles. The predicted molar refractivity (Wildman–Crippen MR) is 151 cm³/mol. The van der Waals surface area contributed by atoms with Crippen LogP contribution in [0, 0.1) is 23.2 Å². The van der Waals surface area contributed by atoms with Crippen molar-refractivity contribution >= 4 is 22.7 Å². The number of fused-ring (bicyclic) bond motifs is 5. The molecule has 39 heavy (non-hydrogen) atoms. The van der Waals surface area contributed by atoms with E-state index in [0.717, 1.165) is 41.6 Å². The van der Waals surface area contributed by atoms with Gasteiger partial charge in [0.05, 0.1) is 11.0 Å². The third-order valence-electron chi connectivity index (χ3n) is 10.8. The van der Waals surface area contributed by atoms with Crippen molar-refractivity contribution in [2.75, 3.05) is 13.2 Å². The number of aromatic nitrogens is 2. The fraction of sp³-hybridized carbons (Fsp3) is 0.677. The van der Waals surface area contributed by atoms with Gasteiger partial charge in [0.15, 0.2) is 5.69 Å². The Morgan fingerprint density at radius 3 is 2.54 bits per heavy atom. The lowest BCUT2D eigenvalue weighted by Crippen LogP contribution is -2.55. The average Bonchev–Trinajstić information content (AvgIpc) is 2.91. The quantitative estimate of drug-likeness (QED) is 0.367. The van der Waals surface area contributed by atoms with Crippen LogP contribution in [-0.2, 0) is 9.63 Å². The zero-order valence-corrected chi connectivity index (χ0v) is 23.5. The van der Waals surface area contributed by atoms with Gasteiger partial charge in [-0.3, -0.25) is 9.69 Å². The maximum atomic E-state index is 13.9. The van der Waals surface area contributed by atoms with Crippen LogP contribution in [0.3, 0.4) is 0 Å². The van der Waals surface area contributed by atoms with Crippen molar-refractivity contribution < 1.29 is 14.7 Å². The van der Waals surface area contributed by atoms with E-state index in [2.05, 4.69) is 28.9 Å². The molecule has 1 aromatic carbocycles. The summed E-state index contributed by atoms with van der Waals surface area (Å²) in [5.74, 6) is 1.60. The number of nitrogens with zero attached hydrogens (tertiary/aromatic N) is 4. The normalized spacial score (nSPS) is 32.0. The molecule has 0 unspecified atom stereocenters. The summed E-state index contributed by atoms with van der Waals surface area (Å²) in [6.07, 6.45) is 11.2. The molecule has 8 nitrogen and oxygen atoms in total. The molecule has 0 spiro atoms. The Labute approximate surface area is 230 Å². The molecule has 2 aliphatic heterocycles. The second kappa shape index (κ2) is 10.3. The summed E-state index contributed by atoms with van der Waals surface area (Å²) in [5.41, 5.74) is 2.48. The molecule has 7 rings (SSSR count). The number of hydrogen-bond acceptors (Lipinski definition) is 6. The molecule has 0 amide bonds. The topological polar surface area (TPSA) is 97.0 Å². The Bertz CT molecular complexity index is 1320. The number of piperidine rings is 2. The van der Waals surface area contributed by atoms with E-state index in [1.807, 2.05) is 28.8 Å². The fourth-order valence-electron chi connectivity index (χ4n) is 8.63. The van der Waals surface area contributed by atoms with Crippen LogP contribution in [0.4, 0.5) is 0 Å². The molecule has 1 aromatic heterocycles. The Kier molecular flexibility index (Phi) is 7.02. The maximum Gasteiger partial charge on any atom is 0.344 e. The van der Waals surface area contributed by atoms with Crippen LogP contribution >= 0.6 is 0 Å². The largest absolute Gasteiger partial charge is 0.479 e. The Hall–Kier alpha value is -2.74. The lowest BCUT2D eigenvalue weighted by atomic mass is 9.45. The number of carboxylic acid groups (broad SMARTS) is 1. The minimum absolute atomic E-state index is 0.101. The maximum absolute atomic E-state index is 13.9. The summed E-state index contributed by atoms with van der Waals surface area (Å²) in [6, 6.07) is 8.91. The summed E-state index contributed by atoms with van der Waals surface area (Å²) >= 11 is 0. The van der Waals surface area contributed by atoms with Gasteiger partial charge in [-0.05, 0) is 100 Å². The van der Waals surface area contributed by atoms with E-state index >= 15 is 0 Å². The van der Waals surface area contributed by atoms with Crippen molar-refractivity contribution in [1.29, 1.82) is 0 Å². The molecule has 1 N–H and O–H groups in total. The van der Waals surface area contributed by atoms with Crippen LogP contribution in [0.5, 0.6) is 0 Å². The third kappa shape index (κ3) is 4.79. The standard InChI is InChI=1S/C31H42N4O4/c1-19(33-39-18-28(36)37)29-30(38)35(27-10-5-4-9-26(27)32-29)24-16-22-7-6-8-23(17-24)34(22)14-13-20-11-12-21-15-25(20)31(21,2)3/h4-5,9-10,20-25H,6-8,11-18H2,1-3H3,(H,36,37)/b33-19+/t20-,21-,22-,23+,24+,25-/m0/s1. The molecule has 210 valence electrons. The first kappa shape index (κ1) is 26.5. The van der Waals surface area contributed by atoms with Gasteiger partial charge in [-0.25, -0.2) is 9.78 Å². The number of oxime groups is 1. The minimum atomic E-state index is -1.11. The average molecular weight is 535 g/mol. The second-order valence-corrected chi connectivity index (χ2v) is 13.1. The summed E-state index contributed by atoms with van der Waals surface area (Å²) < 4.78 is 1.95. The minimum Gasteiger partial charge on any atom is -0.479 e. The van der Waals surface area contributed by atoms with Crippen LogP contribution in [0.15, 0.2) is 34.2 Å². The first-order valence-electron chi connectivity index (χ1n) is 14.9. The van der Waals surface area contributed by atoms with E-state index in [-0.39, 0.29) is 17.3 Å². The van der Waals surface area contributed by atoms with E-state index in [4.69, 9.17) is 9.94 Å². The molecule has 8 heteroatoms. The zero-order chi connectivity index (χ0) is 27.3. The van der Waals surface area contributed by atoms with Crippen LogP contribution in [0.25, 0.3) is 11.0 Å². The van der Waals surface area contributed by atoms with E-state index in [9.17, 15) is 9.59 Å². The van der Waals surface area contributed by atoms with Crippen molar-refractivity contribution in [1.82, 2.24) is 14.5 Å². The monoisotopic (exact) mass is 534 g/mol. The van der Waals surface area contributed by atoms with Gasteiger partial charge in [-0.15, -0.1) is 0 Å². The van der Waals surface area contributed by atoms with Gasteiger partial charge >= 0.3 is 5.97 Å². The van der Waals surface area contributed by atoms with Gasteiger partial charge in [0.2, 0.25) is 6.61 Å². The number of aliphatic carboxylic acids is 1. The summed E-state index contributed by atoms with van der Waals surface area (Å²) in [4.78, 5) is 37.1.